The van der Waals surface area contributed by atoms with E-state index in [1.165, 1.54) is 10.6 Å². The van der Waals surface area contributed by atoms with E-state index in [0.717, 1.165) is 30.8 Å². The van der Waals surface area contributed by atoms with Crippen molar-refractivity contribution in [2.45, 2.75) is 51.6 Å². The van der Waals surface area contributed by atoms with Gasteiger partial charge in [0, 0.05) is 17.5 Å². The second-order valence-electron chi connectivity index (χ2n) is 5.32. The lowest BCUT2D eigenvalue weighted by Gasteiger charge is -2.40. The molecule has 0 spiro atoms. The van der Waals surface area contributed by atoms with Crippen LogP contribution in [0.5, 0.6) is 0 Å². The number of hydrogen-bond acceptors (Lipinski definition) is 4. The van der Waals surface area contributed by atoms with Crippen LogP contribution < -0.4 is 5.73 Å². The van der Waals surface area contributed by atoms with E-state index in [2.05, 4.69) is 32.7 Å². The Bertz CT molecular complexity index is 401. The number of nitrogens with two attached hydrogens (primary N) is 1. The molecule has 1 aliphatic rings. The van der Waals surface area contributed by atoms with Crippen molar-refractivity contribution in [3.05, 3.63) is 15.6 Å². The first-order chi connectivity index (χ1) is 7.96. The molecule has 1 aromatic rings. The summed E-state index contributed by atoms with van der Waals surface area (Å²) < 4.78 is 0. The zero-order chi connectivity index (χ0) is 12.6. The third-order valence-electron chi connectivity index (χ3n) is 3.98. The van der Waals surface area contributed by atoms with Crippen LogP contribution in [0.4, 0.5) is 0 Å². The molecule has 2 heterocycles. The Morgan fingerprint density at radius 2 is 2.29 bits per heavy atom. The number of nitrogens with zero attached hydrogens (tertiary/aromatic N) is 2. The summed E-state index contributed by atoms with van der Waals surface area (Å²) in [6, 6.07) is 0.544. The maximum absolute atomic E-state index is 6.59. The summed E-state index contributed by atoms with van der Waals surface area (Å²) >= 11 is 1.79. The highest BCUT2D eigenvalue weighted by Crippen LogP contribution is 2.36. The summed E-state index contributed by atoms with van der Waals surface area (Å²) in [6.45, 7) is 7.63. The summed E-state index contributed by atoms with van der Waals surface area (Å²) in [6.07, 6.45) is 3.04. The first-order valence-electron chi connectivity index (χ1n) is 6.42. The second-order valence-corrected chi connectivity index (χ2v) is 6.52. The van der Waals surface area contributed by atoms with Crippen molar-refractivity contribution < 1.29 is 0 Å². The molecule has 0 saturated carbocycles. The monoisotopic (exact) mass is 253 g/mol. The minimum absolute atomic E-state index is 0.200. The smallest absolute Gasteiger partial charge is 0.113 e. The van der Waals surface area contributed by atoms with E-state index >= 15 is 0 Å². The summed E-state index contributed by atoms with van der Waals surface area (Å²) in [7, 11) is 2.18. The molecule has 17 heavy (non-hydrogen) atoms. The SMILES string of the molecule is CCc1nc(C2(N)CCN(C)C(C)C2)sc1C. The van der Waals surface area contributed by atoms with Gasteiger partial charge in [-0.3, -0.25) is 0 Å². The molecule has 4 heteroatoms. The van der Waals surface area contributed by atoms with E-state index in [9.17, 15) is 0 Å². The van der Waals surface area contributed by atoms with Gasteiger partial charge in [0.05, 0.1) is 11.2 Å². The molecular weight excluding hydrogens is 230 g/mol. The van der Waals surface area contributed by atoms with Crippen molar-refractivity contribution >= 4 is 11.3 Å². The van der Waals surface area contributed by atoms with Crippen LogP contribution in [-0.2, 0) is 12.0 Å². The first kappa shape index (κ1) is 13.0. The van der Waals surface area contributed by atoms with Crippen molar-refractivity contribution in [3.8, 4) is 0 Å². The van der Waals surface area contributed by atoms with Crippen molar-refractivity contribution in [2.24, 2.45) is 5.73 Å². The van der Waals surface area contributed by atoms with Crippen LogP contribution >= 0.6 is 11.3 Å². The van der Waals surface area contributed by atoms with Gasteiger partial charge in [-0.15, -0.1) is 11.3 Å². The second kappa shape index (κ2) is 4.67. The summed E-state index contributed by atoms with van der Waals surface area (Å²) in [5.74, 6) is 0. The van der Waals surface area contributed by atoms with Crippen LogP contribution in [-0.4, -0.2) is 29.5 Å². The Balaban J connectivity index is 2.25. The van der Waals surface area contributed by atoms with Crippen LogP contribution in [0, 0.1) is 6.92 Å². The number of hydrogen-bond donors (Lipinski definition) is 1. The normalized spacial score (nSPS) is 30.8. The molecule has 0 radical (unpaired) electrons. The van der Waals surface area contributed by atoms with Crippen LogP contribution in [0.25, 0.3) is 0 Å². The van der Waals surface area contributed by atoms with E-state index in [-0.39, 0.29) is 5.54 Å². The summed E-state index contributed by atoms with van der Waals surface area (Å²) in [5, 5.41) is 1.15. The van der Waals surface area contributed by atoms with Gasteiger partial charge in [-0.1, -0.05) is 6.92 Å². The highest BCUT2D eigenvalue weighted by molar-refractivity contribution is 7.11. The van der Waals surface area contributed by atoms with Gasteiger partial charge < -0.3 is 10.6 Å². The molecule has 1 aliphatic heterocycles. The lowest BCUT2D eigenvalue weighted by Crippen LogP contribution is -2.50. The third kappa shape index (κ3) is 2.39. The zero-order valence-corrected chi connectivity index (χ0v) is 12.1. The number of rotatable bonds is 2. The Morgan fingerprint density at radius 3 is 2.82 bits per heavy atom. The quantitative estimate of drug-likeness (QED) is 0.879. The molecule has 0 amide bonds. The van der Waals surface area contributed by atoms with Crippen molar-refractivity contribution in [1.29, 1.82) is 0 Å². The molecule has 2 N–H and O–H groups in total. The predicted octanol–water partition coefficient (Wildman–Crippen LogP) is 2.28. The largest absolute Gasteiger partial charge is 0.319 e. The minimum atomic E-state index is -0.200. The van der Waals surface area contributed by atoms with Gasteiger partial charge in [0.15, 0.2) is 0 Å². The van der Waals surface area contributed by atoms with E-state index in [1.54, 1.807) is 11.3 Å². The molecule has 1 saturated heterocycles. The van der Waals surface area contributed by atoms with Gasteiger partial charge in [-0.2, -0.15) is 0 Å². The van der Waals surface area contributed by atoms with Crippen molar-refractivity contribution in [2.75, 3.05) is 13.6 Å². The van der Waals surface area contributed by atoms with Crippen molar-refractivity contribution in [3.63, 3.8) is 0 Å². The Labute approximate surface area is 108 Å². The first-order valence-corrected chi connectivity index (χ1v) is 7.24. The number of aryl methyl sites for hydroxylation is 2. The summed E-state index contributed by atoms with van der Waals surface area (Å²) in [5.41, 5.74) is 7.62. The molecule has 3 nitrogen and oxygen atoms in total. The lowest BCUT2D eigenvalue weighted by atomic mass is 9.85. The molecule has 2 rings (SSSR count). The number of aromatic nitrogens is 1. The van der Waals surface area contributed by atoms with Crippen LogP contribution in [0.15, 0.2) is 0 Å². The Morgan fingerprint density at radius 1 is 1.59 bits per heavy atom. The highest BCUT2D eigenvalue weighted by atomic mass is 32.1. The molecule has 1 aromatic heterocycles. The zero-order valence-electron chi connectivity index (χ0n) is 11.3. The molecule has 96 valence electrons. The van der Waals surface area contributed by atoms with Gasteiger partial charge in [0.1, 0.15) is 5.01 Å². The average molecular weight is 253 g/mol. The number of likely N-dealkylation sites (tertiary alicyclic amines) is 1. The fourth-order valence-electron chi connectivity index (χ4n) is 2.54. The maximum Gasteiger partial charge on any atom is 0.113 e. The minimum Gasteiger partial charge on any atom is -0.319 e. The molecule has 1 fully saturated rings. The van der Waals surface area contributed by atoms with Crippen LogP contribution in [0.2, 0.25) is 0 Å². The number of thiazole rings is 1. The summed E-state index contributed by atoms with van der Waals surface area (Å²) in [4.78, 5) is 8.47. The average Bonchev–Trinajstić information content (AvgIpc) is 2.66. The van der Waals surface area contributed by atoms with Gasteiger partial charge in [-0.05, 0) is 40.2 Å². The van der Waals surface area contributed by atoms with Crippen LogP contribution in [0.1, 0.15) is 42.3 Å². The van der Waals surface area contributed by atoms with Gasteiger partial charge in [0.25, 0.3) is 0 Å². The highest BCUT2D eigenvalue weighted by Gasteiger charge is 2.37. The van der Waals surface area contributed by atoms with Gasteiger partial charge in [-0.25, -0.2) is 4.98 Å². The van der Waals surface area contributed by atoms with E-state index < -0.39 is 0 Å². The molecule has 2 atom stereocenters. The standard InChI is InChI=1S/C13H23N3S/c1-5-11-10(3)17-12(15-11)13(14)6-7-16(4)9(2)8-13/h9H,5-8,14H2,1-4H3. The topological polar surface area (TPSA) is 42.1 Å². The molecular formula is C13H23N3S. The molecule has 2 unspecified atom stereocenters. The van der Waals surface area contributed by atoms with E-state index in [1.807, 2.05) is 0 Å². The van der Waals surface area contributed by atoms with Gasteiger partial charge in [0.2, 0.25) is 0 Å². The number of piperidine rings is 1. The van der Waals surface area contributed by atoms with Crippen LogP contribution in [0.3, 0.4) is 0 Å². The molecule has 0 aromatic carbocycles. The van der Waals surface area contributed by atoms with E-state index in [4.69, 9.17) is 10.7 Å². The van der Waals surface area contributed by atoms with E-state index in [0.29, 0.717) is 6.04 Å². The molecule has 0 aliphatic carbocycles. The Hall–Kier alpha value is -0.450. The van der Waals surface area contributed by atoms with Gasteiger partial charge >= 0.3 is 0 Å². The van der Waals surface area contributed by atoms with Crippen molar-refractivity contribution in [1.82, 2.24) is 9.88 Å². The molecule has 0 bridgehead atoms. The Kier molecular flexibility index (Phi) is 3.57. The lowest BCUT2D eigenvalue weighted by molar-refractivity contribution is 0.131. The fourth-order valence-corrected chi connectivity index (χ4v) is 3.69. The predicted molar refractivity (Wildman–Crippen MR) is 73.4 cm³/mol. The maximum atomic E-state index is 6.59. The fraction of sp³-hybridized carbons (Fsp3) is 0.769. The third-order valence-corrected chi connectivity index (χ3v) is 5.21.